The summed E-state index contributed by atoms with van der Waals surface area (Å²) < 4.78 is 5.70. The lowest BCUT2D eigenvalue weighted by atomic mass is 10.2. The number of hydrogen-bond donors (Lipinski definition) is 0. The van der Waals surface area contributed by atoms with E-state index in [1.807, 2.05) is 54.6 Å². The van der Waals surface area contributed by atoms with Crippen molar-refractivity contribution >= 4 is 11.0 Å². The molecule has 1 heterocycles. The second-order valence-corrected chi connectivity index (χ2v) is 4.10. The number of benzene rings is 2. The van der Waals surface area contributed by atoms with E-state index in [0.717, 1.165) is 22.3 Å². The van der Waals surface area contributed by atoms with Gasteiger partial charge in [0.15, 0.2) is 0 Å². The minimum absolute atomic E-state index is 0.642. The fraction of sp³-hybridized carbons (Fsp3) is 0.0588. The lowest BCUT2D eigenvalue weighted by molar-refractivity contribution is 0.568. The van der Waals surface area contributed by atoms with Gasteiger partial charge < -0.3 is 4.42 Å². The average molecular weight is 232 g/mol. The van der Waals surface area contributed by atoms with Crippen molar-refractivity contribution in [1.29, 1.82) is 0 Å². The van der Waals surface area contributed by atoms with Gasteiger partial charge in [0.25, 0.3) is 0 Å². The van der Waals surface area contributed by atoms with Gasteiger partial charge in [-0.15, -0.1) is 0 Å². The maximum absolute atomic E-state index is 5.70. The third-order valence-corrected chi connectivity index (χ3v) is 2.75. The number of rotatable bonds is 1. The fourth-order valence-electron chi connectivity index (χ4n) is 1.88. The number of fused-ring (bicyclic) bond motifs is 1. The highest BCUT2D eigenvalue weighted by Gasteiger charge is 2.00. The quantitative estimate of drug-likeness (QED) is 0.577. The summed E-state index contributed by atoms with van der Waals surface area (Å²) in [6.45, 7) is 0. The third-order valence-electron chi connectivity index (χ3n) is 2.75. The smallest absolute Gasteiger partial charge is 0.134 e. The van der Waals surface area contributed by atoms with Crippen molar-refractivity contribution < 1.29 is 4.42 Å². The van der Waals surface area contributed by atoms with Gasteiger partial charge in [-0.25, -0.2) is 0 Å². The fourth-order valence-corrected chi connectivity index (χ4v) is 1.88. The van der Waals surface area contributed by atoms with E-state index < -0.39 is 0 Å². The molecule has 0 spiro atoms. The summed E-state index contributed by atoms with van der Waals surface area (Å²) in [4.78, 5) is 0. The Morgan fingerprint density at radius 3 is 2.50 bits per heavy atom. The number of furan rings is 1. The van der Waals surface area contributed by atoms with Gasteiger partial charge in [-0.2, -0.15) is 0 Å². The molecule has 0 bridgehead atoms. The van der Waals surface area contributed by atoms with Crippen LogP contribution >= 0.6 is 0 Å². The molecule has 0 atom stereocenters. The molecule has 0 amide bonds. The van der Waals surface area contributed by atoms with Crippen LogP contribution in [-0.2, 0) is 6.42 Å². The van der Waals surface area contributed by atoms with E-state index in [9.17, 15) is 0 Å². The van der Waals surface area contributed by atoms with Crippen LogP contribution in [0, 0.1) is 11.8 Å². The van der Waals surface area contributed by atoms with E-state index in [4.69, 9.17) is 4.42 Å². The van der Waals surface area contributed by atoms with Crippen LogP contribution in [0.15, 0.2) is 65.1 Å². The molecule has 2 aromatic carbocycles. The Hall–Kier alpha value is -2.46. The Balaban J connectivity index is 1.79. The lowest BCUT2D eigenvalue weighted by Gasteiger charge is -1.87. The summed E-state index contributed by atoms with van der Waals surface area (Å²) in [7, 11) is 0. The second kappa shape index (κ2) is 4.81. The van der Waals surface area contributed by atoms with Gasteiger partial charge >= 0.3 is 0 Å². The van der Waals surface area contributed by atoms with Crippen molar-refractivity contribution in [2.75, 3.05) is 0 Å². The van der Waals surface area contributed by atoms with Crippen molar-refractivity contribution in [2.45, 2.75) is 6.42 Å². The van der Waals surface area contributed by atoms with Crippen molar-refractivity contribution in [3.05, 3.63) is 72.0 Å². The lowest BCUT2D eigenvalue weighted by Crippen LogP contribution is -1.76. The molecule has 0 fully saturated rings. The molecular formula is C17H12O. The molecule has 1 aromatic heterocycles. The van der Waals surface area contributed by atoms with Gasteiger partial charge in [-0.1, -0.05) is 48.2 Å². The van der Waals surface area contributed by atoms with Crippen molar-refractivity contribution in [3.63, 3.8) is 0 Å². The van der Waals surface area contributed by atoms with E-state index in [2.05, 4.69) is 17.9 Å². The van der Waals surface area contributed by atoms with E-state index in [1.165, 1.54) is 0 Å². The van der Waals surface area contributed by atoms with E-state index in [-0.39, 0.29) is 0 Å². The predicted octanol–water partition coefficient (Wildman–Crippen LogP) is 4.03. The van der Waals surface area contributed by atoms with Crippen LogP contribution in [0.5, 0.6) is 0 Å². The van der Waals surface area contributed by atoms with Gasteiger partial charge in [0.2, 0.25) is 0 Å². The number of hydrogen-bond acceptors (Lipinski definition) is 1. The molecule has 0 aliphatic carbocycles. The van der Waals surface area contributed by atoms with Crippen LogP contribution < -0.4 is 0 Å². The van der Waals surface area contributed by atoms with Crippen LogP contribution in [0.1, 0.15) is 11.3 Å². The summed E-state index contributed by atoms with van der Waals surface area (Å²) in [6.07, 6.45) is 0.642. The van der Waals surface area contributed by atoms with Crippen LogP contribution in [-0.4, -0.2) is 0 Å². The van der Waals surface area contributed by atoms with Gasteiger partial charge in [-0.05, 0) is 24.3 Å². The molecule has 0 saturated carbocycles. The maximum atomic E-state index is 5.70. The van der Waals surface area contributed by atoms with Crippen LogP contribution in [0.4, 0.5) is 0 Å². The molecule has 0 aliphatic heterocycles. The predicted molar refractivity (Wildman–Crippen MR) is 73.2 cm³/mol. The van der Waals surface area contributed by atoms with E-state index in [0.29, 0.717) is 6.42 Å². The van der Waals surface area contributed by atoms with Gasteiger partial charge in [-0.3, -0.25) is 0 Å². The Morgan fingerprint density at radius 1 is 0.889 bits per heavy atom. The Labute approximate surface area is 106 Å². The molecule has 0 radical (unpaired) electrons. The summed E-state index contributed by atoms with van der Waals surface area (Å²) in [6, 6.07) is 20.0. The molecule has 0 unspecified atom stereocenters. The average Bonchev–Trinajstić information content (AvgIpc) is 2.82. The molecular weight excluding hydrogens is 220 g/mol. The first kappa shape index (κ1) is 10.7. The molecule has 86 valence electrons. The summed E-state index contributed by atoms with van der Waals surface area (Å²) in [5, 5.41) is 1.13. The molecule has 18 heavy (non-hydrogen) atoms. The van der Waals surface area contributed by atoms with Gasteiger partial charge in [0, 0.05) is 10.9 Å². The minimum atomic E-state index is 0.642. The normalized spacial score (nSPS) is 10.0. The molecule has 3 rings (SSSR count). The Bertz CT molecular complexity index is 678. The Morgan fingerprint density at radius 2 is 1.67 bits per heavy atom. The van der Waals surface area contributed by atoms with Crippen molar-refractivity contribution in [1.82, 2.24) is 0 Å². The third kappa shape index (κ3) is 2.28. The highest BCUT2D eigenvalue weighted by atomic mass is 16.3. The second-order valence-electron chi connectivity index (χ2n) is 4.10. The molecule has 0 aliphatic rings. The van der Waals surface area contributed by atoms with E-state index in [1.54, 1.807) is 0 Å². The SMILES string of the molecule is C(#Cc1ccccc1)Cc1cc2ccccc2o1. The topological polar surface area (TPSA) is 13.1 Å². The van der Waals surface area contributed by atoms with Crippen LogP contribution in [0.25, 0.3) is 11.0 Å². The molecule has 0 saturated heterocycles. The maximum Gasteiger partial charge on any atom is 0.134 e. The molecule has 0 N–H and O–H groups in total. The van der Waals surface area contributed by atoms with Gasteiger partial charge in [0.1, 0.15) is 11.3 Å². The first-order valence-electron chi connectivity index (χ1n) is 5.93. The minimum Gasteiger partial charge on any atom is -0.460 e. The van der Waals surface area contributed by atoms with Crippen LogP contribution in [0.3, 0.4) is 0 Å². The molecule has 1 nitrogen and oxygen atoms in total. The zero-order chi connectivity index (χ0) is 12.2. The highest BCUT2D eigenvalue weighted by molar-refractivity contribution is 5.77. The summed E-state index contributed by atoms with van der Waals surface area (Å²) >= 11 is 0. The Kier molecular flexibility index (Phi) is 2.85. The summed E-state index contributed by atoms with van der Waals surface area (Å²) in [5.74, 6) is 7.18. The van der Waals surface area contributed by atoms with E-state index >= 15 is 0 Å². The van der Waals surface area contributed by atoms with Gasteiger partial charge in [0.05, 0.1) is 6.42 Å². The first-order valence-corrected chi connectivity index (χ1v) is 5.93. The molecule has 1 heteroatoms. The zero-order valence-electron chi connectivity index (χ0n) is 9.89. The monoisotopic (exact) mass is 232 g/mol. The highest BCUT2D eigenvalue weighted by Crippen LogP contribution is 2.18. The zero-order valence-corrected chi connectivity index (χ0v) is 9.89. The van der Waals surface area contributed by atoms with Crippen molar-refractivity contribution in [3.8, 4) is 11.8 Å². The largest absolute Gasteiger partial charge is 0.460 e. The summed E-state index contributed by atoms with van der Waals surface area (Å²) in [5.41, 5.74) is 1.96. The van der Waals surface area contributed by atoms with Crippen LogP contribution in [0.2, 0.25) is 0 Å². The standard InChI is InChI=1S/C17H12O/c1-2-7-14(8-3-1)9-6-11-16-13-15-10-4-5-12-17(15)18-16/h1-5,7-8,10,12-13H,11H2. The number of para-hydroxylation sites is 1. The van der Waals surface area contributed by atoms with Crippen molar-refractivity contribution in [2.24, 2.45) is 0 Å². The first-order chi connectivity index (χ1) is 8.92. The molecule has 3 aromatic rings.